The van der Waals surface area contributed by atoms with E-state index in [0.717, 1.165) is 25.0 Å². The van der Waals surface area contributed by atoms with E-state index in [1.807, 2.05) is 6.92 Å². The molecular weight excluding hydrogens is 220 g/mol. The van der Waals surface area contributed by atoms with Crippen LogP contribution in [0.5, 0.6) is 0 Å². The summed E-state index contributed by atoms with van der Waals surface area (Å²) in [6.45, 7) is 8.19. The largest absolute Gasteiger partial charge is 0.353 e. The fraction of sp³-hybridized carbons (Fsp3) is 0.917. The van der Waals surface area contributed by atoms with Gasteiger partial charge in [0.15, 0.2) is 0 Å². The Kier molecular flexibility index (Phi) is 8.76. The van der Waals surface area contributed by atoms with E-state index in [1.165, 1.54) is 0 Å². The van der Waals surface area contributed by atoms with Gasteiger partial charge in [0, 0.05) is 17.8 Å². The Morgan fingerprint density at radius 2 is 2.00 bits per heavy atom. The van der Waals surface area contributed by atoms with Crippen molar-refractivity contribution in [2.75, 3.05) is 5.75 Å². The number of carbonyl (C=O) groups is 1. The third-order valence-corrected chi connectivity index (χ3v) is 3.90. The lowest BCUT2D eigenvalue weighted by Gasteiger charge is -2.18. The first kappa shape index (κ1) is 15.8. The molecule has 0 aliphatic rings. The average Bonchev–Trinajstić information content (AvgIpc) is 2.25. The summed E-state index contributed by atoms with van der Waals surface area (Å²) in [7, 11) is 0. The van der Waals surface area contributed by atoms with Crippen LogP contribution in [0.15, 0.2) is 0 Å². The molecule has 0 saturated carbocycles. The summed E-state index contributed by atoms with van der Waals surface area (Å²) in [5, 5.41) is 3.02. The molecule has 0 heterocycles. The Bertz CT molecular complexity index is 199. The summed E-state index contributed by atoms with van der Waals surface area (Å²) in [5.41, 5.74) is 5.82. The van der Waals surface area contributed by atoms with E-state index in [-0.39, 0.29) is 23.2 Å². The highest BCUT2D eigenvalue weighted by Gasteiger charge is 2.16. The molecule has 0 bridgehead atoms. The number of nitrogens with one attached hydrogen (secondary N) is 1. The molecule has 1 amide bonds. The molecule has 3 N–H and O–H groups in total. The highest BCUT2D eigenvalue weighted by atomic mass is 32.2. The summed E-state index contributed by atoms with van der Waals surface area (Å²) in [6.07, 6.45) is 3.11. The number of hydrogen-bond donors (Lipinski definition) is 2. The minimum atomic E-state index is -0.00286. The van der Waals surface area contributed by atoms with Crippen LogP contribution in [0.25, 0.3) is 0 Å². The van der Waals surface area contributed by atoms with Crippen molar-refractivity contribution in [1.29, 1.82) is 0 Å². The van der Waals surface area contributed by atoms with E-state index in [2.05, 4.69) is 26.1 Å². The molecule has 96 valence electrons. The zero-order chi connectivity index (χ0) is 12.6. The SMILES string of the molecule is CCCC(C)NC(=O)C(C)SCC(N)CC. The number of amides is 1. The normalized spacial score (nSPS) is 16.6. The van der Waals surface area contributed by atoms with Gasteiger partial charge in [-0.05, 0) is 26.7 Å². The molecular formula is C12H26N2OS. The predicted octanol–water partition coefficient (Wildman–Crippen LogP) is 2.15. The molecule has 0 aromatic rings. The third kappa shape index (κ3) is 7.12. The molecule has 0 aromatic carbocycles. The molecule has 16 heavy (non-hydrogen) atoms. The number of carbonyl (C=O) groups excluding carboxylic acids is 1. The molecule has 0 aliphatic carbocycles. The van der Waals surface area contributed by atoms with Gasteiger partial charge in [0.25, 0.3) is 0 Å². The van der Waals surface area contributed by atoms with E-state index in [1.54, 1.807) is 11.8 Å². The van der Waals surface area contributed by atoms with E-state index >= 15 is 0 Å². The number of thioether (sulfide) groups is 1. The smallest absolute Gasteiger partial charge is 0.233 e. The summed E-state index contributed by atoms with van der Waals surface area (Å²) < 4.78 is 0. The van der Waals surface area contributed by atoms with Gasteiger partial charge in [-0.3, -0.25) is 4.79 Å². The fourth-order valence-corrected chi connectivity index (χ4v) is 2.32. The van der Waals surface area contributed by atoms with Gasteiger partial charge in [0.2, 0.25) is 5.91 Å². The van der Waals surface area contributed by atoms with Crippen LogP contribution >= 0.6 is 11.8 Å². The van der Waals surface area contributed by atoms with Crippen molar-refractivity contribution >= 4 is 17.7 Å². The lowest BCUT2D eigenvalue weighted by molar-refractivity contribution is -0.120. The lowest BCUT2D eigenvalue weighted by Crippen LogP contribution is -2.38. The second-order valence-electron chi connectivity index (χ2n) is 4.34. The van der Waals surface area contributed by atoms with Crippen LogP contribution in [0.2, 0.25) is 0 Å². The Hall–Kier alpha value is -0.220. The highest BCUT2D eigenvalue weighted by Crippen LogP contribution is 2.12. The molecule has 0 aromatic heterocycles. The van der Waals surface area contributed by atoms with Gasteiger partial charge in [-0.1, -0.05) is 20.3 Å². The zero-order valence-electron chi connectivity index (χ0n) is 11.0. The maximum Gasteiger partial charge on any atom is 0.233 e. The second-order valence-corrected chi connectivity index (χ2v) is 5.72. The lowest BCUT2D eigenvalue weighted by atomic mass is 10.2. The Labute approximate surface area is 104 Å². The predicted molar refractivity (Wildman–Crippen MR) is 72.7 cm³/mol. The number of hydrogen-bond acceptors (Lipinski definition) is 3. The Morgan fingerprint density at radius 1 is 1.38 bits per heavy atom. The molecule has 0 radical (unpaired) electrons. The maximum atomic E-state index is 11.8. The molecule has 0 spiro atoms. The fourth-order valence-electron chi connectivity index (χ4n) is 1.33. The molecule has 3 unspecified atom stereocenters. The number of rotatable bonds is 8. The zero-order valence-corrected chi connectivity index (χ0v) is 11.8. The standard InChI is InChI=1S/C12H26N2OS/c1-5-7-9(3)14-12(15)10(4)16-8-11(13)6-2/h9-11H,5-8,13H2,1-4H3,(H,14,15). The average molecular weight is 246 g/mol. The van der Waals surface area contributed by atoms with Gasteiger partial charge in [-0.25, -0.2) is 0 Å². The van der Waals surface area contributed by atoms with Crippen molar-refractivity contribution in [2.24, 2.45) is 5.73 Å². The maximum absolute atomic E-state index is 11.8. The van der Waals surface area contributed by atoms with Gasteiger partial charge in [-0.15, -0.1) is 11.8 Å². The first-order valence-electron chi connectivity index (χ1n) is 6.18. The molecule has 0 saturated heterocycles. The summed E-state index contributed by atoms with van der Waals surface area (Å²) >= 11 is 1.64. The van der Waals surface area contributed by atoms with Crippen LogP contribution in [-0.2, 0) is 4.79 Å². The van der Waals surface area contributed by atoms with Crippen molar-refractivity contribution < 1.29 is 4.79 Å². The first-order chi connectivity index (χ1) is 7.51. The van der Waals surface area contributed by atoms with Crippen molar-refractivity contribution in [3.63, 3.8) is 0 Å². The monoisotopic (exact) mass is 246 g/mol. The van der Waals surface area contributed by atoms with Crippen LogP contribution in [0.4, 0.5) is 0 Å². The summed E-state index contributed by atoms with van der Waals surface area (Å²) in [6, 6.07) is 0.480. The highest BCUT2D eigenvalue weighted by molar-refractivity contribution is 8.00. The van der Waals surface area contributed by atoms with E-state index in [4.69, 9.17) is 5.73 Å². The van der Waals surface area contributed by atoms with E-state index in [0.29, 0.717) is 0 Å². The topological polar surface area (TPSA) is 55.1 Å². The molecule has 0 aliphatic heterocycles. The first-order valence-corrected chi connectivity index (χ1v) is 7.23. The quantitative estimate of drug-likeness (QED) is 0.690. The van der Waals surface area contributed by atoms with Crippen LogP contribution in [0.1, 0.15) is 47.0 Å². The summed E-state index contributed by atoms with van der Waals surface area (Å²) in [4.78, 5) is 11.8. The van der Waals surface area contributed by atoms with Gasteiger partial charge < -0.3 is 11.1 Å². The molecule has 0 rings (SSSR count). The third-order valence-electron chi connectivity index (χ3n) is 2.56. The van der Waals surface area contributed by atoms with Crippen LogP contribution in [-0.4, -0.2) is 29.0 Å². The van der Waals surface area contributed by atoms with Crippen molar-refractivity contribution in [1.82, 2.24) is 5.32 Å². The van der Waals surface area contributed by atoms with Crippen molar-refractivity contribution in [2.45, 2.75) is 64.3 Å². The van der Waals surface area contributed by atoms with Crippen LogP contribution < -0.4 is 11.1 Å². The van der Waals surface area contributed by atoms with Gasteiger partial charge in [0.1, 0.15) is 0 Å². The van der Waals surface area contributed by atoms with Crippen molar-refractivity contribution in [3.8, 4) is 0 Å². The minimum absolute atomic E-state index is 0.00286. The second kappa shape index (κ2) is 8.88. The van der Waals surface area contributed by atoms with Gasteiger partial charge in [-0.2, -0.15) is 0 Å². The molecule has 4 heteroatoms. The van der Waals surface area contributed by atoms with Crippen molar-refractivity contribution in [3.05, 3.63) is 0 Å². The number of nitrogens with two attached hydrogens (primary N) is 1. The van der Waals surface area contributed by atoms with E-state index < -0.39 is 0 Å². The minimum Gasteiger partial charge on any atom is -0.353 e. The van der Waals surface area contributed by atoms with Crippen LogP contribution in [0.3, 0.4) is 0 Å². The molecule has 0 fully saturated rings. The summed E-state index contributed by atoms with van der Waals surface area (Å²) in [5.74, 6) is 0.988. The Balaban J connectivity index is 3.81. The molecule has 3 atom stereocenters. The van der Waals surface area contributed by atoms with E-state index in [9.17, 15) is 4.79 Å². The van der Waals surface area contributed by atoms with Gasteiger partial charge in [0.05, 0.1) is 5.25 Å². The van der Waals surface area contributed by atoms with Gasteiger partial charge >= 0.3 is 0 Å². The van der Waals surface area contributed by atoms with Crippen LogP contribution in [0, 0.1) is 0 Å². The molecule has 3 nitrogen and oxygen atoms in total. The Morgan fingerprint density at radius 3 is 2.50 bits per heavy atom.